The molecule has 1 N–H and O–H groups in total. The van der Waals surface area contributed by atoms with Gasteiger partial charge < -0.3 is 19.3 Å². The number of methoxy groups -OCH3 is 2. The van der Waals surface area contributed by atoms with E-state index in [1.165, 1.54) is 31.5 Å². The van der Waals surface area contributed by atoms with E-state index in [2.05, 4.69) is 45.8 Å². The first-order valence-corrected chi connectivity index (χ1v) is 11.7. The van der Waals surface area contributed by atoms with Crippen LogP contribution in [-0.2, 0) is 16.4 Å². The summed E-state index contributed by atoms with van der Waals surface area (Å²) in [6, 6.07) is 13.3. The third-order valence-corrected chi connectivity index (χ3v) is 6.88. The number of likely N-dealkylation sites (N-methyl/N-ethyl adjacent to an activating group) is 1. The Morgan fingerprint density at radius 1 is 0.967 bits per heavy atom. The van der Waals surface area contributed by atoms with E-state index in [9.17, 15) is 8.42 Å². The third kappa shape index (κ3) is 5.65. The van der Waals surface area contributed by atoms with Gasteiger partial charge in [-0.1, -0.05) is 12.1 Å². The fourth-order valence-corrected chi connectivity index (χ4v) is 4.76. The first kappa shape index (κ1) is 22.4. The van der Waals surface area contributed by atoms with E-state index in [4.69, 9.17) is 9.47 Å². The summed E-state index contributed by atoms with van der Waals surface area (Å²) >= 11 is 0. The molecule has 3 rings (SSSR count). The van der Waals surface area contributed by atoms with Gasteiger partial charge in [0.1, 0.15) is 16.4 Å². The highest BCUT2D eigenvalue weighted by Crippen LogP contribution is 2.28. The molecule has 1 fully saturated rings. The fraction of sp³-hybridized carbons (Fsp3) is 0.455. The first-order valence-electron chi connectivity index (χ1n) is 10.2. The van der Waals surface area contributed by atoms with Crippen LogP contribution in [0.4, 0.5) is 5.69 Å². The van der Waals surface area contributed by atoms with Crippen molar-refractivity contribution in [1.82, 2.24) is 9.62 Å². The van der Waals surface area contributed by atoms with Crippen LogP contribution in [-0.4, -0.2) is 67.3 Å². The predicted molar refractivity (Wildman–Crippen MR) is 119 cm³/mol. The summed E-state index contributed by atoms with van der Waals surface area (Å²) in [6.07, 6.45) is 1.51. The highest BCUT2D eigenvalue weighted by molar-refractivity contribution is 7.89. The van der Waals surface area contributed by atoms with Crippen LogP contribution in [0, 0.1) is 0 Å². The van der Waals surface area contributed by atoms with Gasteiger partial charge in [0, 0.05) is 44.5 Å². The second kappa shape index (κ2) is 10.1. The van der Waals surface area contributed by atoms with Crippen molar-refractivity contribution in [2.45, 2.75) is 17.7 Å². The number of hydrogen-bond donors (Lipinski definition) is 1. The molecule has 1 aliphatic rings. The number of nitrogens with zero attached hydrogens (tertiary/aromatic N) is 2. The molecule has 0 aromatic heterocycles. The number of nitrogens with one attached hydrogen (secondary N) is 1. The zero-order valence-corrected chi connectivity index (χ0v) is 18.7. The van der Waals surface area contributed by atoms with Gasteiger partial charge in [0.05, 0.1) is 14.2 Å². The number of hydrogen-bond acceptors (Lipinski definition) is 6. The van der Waals surface area contributed by atoms with E-state index in [0.29, 0.717) is 24.5 Å². The summed E-state index contributed by atoms with van der Waals surface area (Å²) in [6.45, 7) is 4.61. The summed E-state index contributed by atoms with van der Waals surface area (Å²) in [5.74, 6) is 0.763. The quantitative estimate of drug-likeness (QED) is 0.612. The summed E-state index contributed by atoms with van der Waals surface area (Å²) in [5.41, 5.74) is 2.45. The zero-order valence-electron chi connectivity index (χ0n) is 17.9. The highest BCUT2D eigenvalue weighted by atomic mass is 32.2. The van der Waals surface area contributed by atoms with Crippen molar-refractivity contribution in [2.24, 2.45) is 0 Å². The minimum absolute atomic E-state index is 0.0841. The Morgan fingerprint density at radius 3 is 2.30 bits per heavy atom. The lowest BCUT2D eigenvalue weighted by Gasteiger charge is -2.34. The van der Waals surface area contributed by atoms with Crippen molar-refractivity contribution in [3.8, 4) is 11.5 Å². The summed E-state index contributed by atoms with van der Waals surface area (Å²) < 4.78 is 38.4. The van der Waals surface area contributed by atoms with Gasteiger partial charge in [-0.05, 0) is 49.7 Å². The molecule has 0 radical (unpaired) electrons. The van der Waals surface area contributed by atoms with Gasteiger partial charge in [-0.3, -0.25) is 0 Å². The molecule has 30 heavy (non-hydrogen) atoms. The molecule has 0 unspecified atom stereocenters. The molecule has 1 heterocycles. The molecular weight excluding hydrogens is 402 g/mol. The van der Waals surface area contributed by atoms with Gasteiger partial charge in [-0.25, -0.2) is 13.1 Å². The number of rotatable bonds is 9. The maximum atomic E-state index is 12.7. The van der Waals surface area contributed by atoms with Crippen molar-refractivity contribution >= 4 is 15.7 Å². The fourth-order valence-electron chi connectivity index (χ4n) is 3.51. The molecule has 0 aliphatic carbocycles. The average molecular weight is 434 g/mol. The minimum atomic E-state index is -3.68. The van der Waals surface area contributed by atoms with Crippen molar-refractivity contribution in [2.75, 3.05) is 58.9 Å². The van der Waals surface area contributed by atoms with E-state index >= 15 is 0 Å². The number of benzene rings is 2. The molecule has 2 aromatic carbocycles. The number of aryl methyl sites for hydroxylation is 1. The molecule has 0 spiro atoms. The summed E-state index contributed by atoms with van der Waals surface area (Å²) in [7, 11) is 1.42. The largest absolute Gasteiger partial charge is 0.497 e. The SMILES string of the molecule is COc1ccc(OC)c(S(=O)(=O)NCCCc2ccc(N3CCN(C)CC3)cc2)c1. The predicted octanol–water partition coefficient (Wildman–Crippen LogP) is 2.37. The molecule has 1 saturated heterocycles. The lowest BCUT2D eigenvalue weighted by atomic mass is 10.1. The molecule has 8 heteroatoms. The Bertz CT molecular complexity index is 924. The Hall–Kier alpha value is -2.29. The highest BCUT2D eigenvalue weighted by Gasteiger charge is 2.20. The molecule has 0 atom stereocenters. The Kier molecular flexibility index (Phi) is 7.58. The molecule has 2 aromatic rings. The third-order valence-electron chi connectivity index (χ3n) is 5.40. The molecule has 164 valence electrons. The monoisotopic (exact) mass is 433 g/mol. The van der Waals surface area contributed by atoms with Crippen LogP contribution in [0.2, 0.25) is 0 Å². The summed E-state index contributed by atoms with van der Waals surface area (Å²) in [5, 5.41) is 0. The van der Waals surface area contributed by atoms with Crippen molar-refractivity contribution < 1.29 is 17.9 Å². The van der Waals surface area contributed by atoms with Gasteiger partial charge in [0.25, 0.3) is 0 Å². The van der Waals surface area contributed by atoms with Crippen LogP contribution in [0.1, 0.15) is 12.0 Å². The van der Waals surface area contributed by atoms with Crippen molar-refractivity contribution in [1.29, 1.82) is 0 Å². The van der Waals surface area contributed by atoms with E-state index in [0.717, 1.165) is 32.6 Å². The molecule has 0 saturated carbocycles. The smallest absolute Gasteiger partial charge is 0.244 e. The first-order chi connectivity index (χ1) is 14.4. The molecule has 1 aliphatic heterocycles. The normalized spacial score (nSPS) is 15.2. The van der Waals surface area contributed by atoms with Crippen LogP contribution in [0.3, 0.4) is 0 Å². The van der Waals surface area contributed by atoms with Crippen LogP contribution < -0.4 is 19.1 Å². The zero-order chi connectivity index (χ0) is 21.6. The average Bonchev–Trinajstić information content (AvgIpc) is 2.77. The maximum absolute atomic E-state index is 12.7. The number of anilines is 1. The second-order valence-electron chi connectivity index (χ2n) is 7.47. The minimum Gasteiger partial charge on any atom is -0.497 e. The van der Waals surface area contributed by atoms with Crippen molar-refractivity contribution in [3.05, 3.63) is 48.0 Å². The van der Waals surface area contributed by atoms with Gasteiger partial charge in [0.15, 0.2) is 0 Å². The Balaban J connectivity index is 1.52. The van der Waals surface area contributed by atoms with Crippen molar-refractivity contribution in [3.63, 3.8) is 0 Å². The molecular formula is C22H31N3O4S. The lowest BCUT2D eigenvalue weighted by Crippen LogP contribution is -2.44. The van der Waals surface area contributed by atoms with Gasteiger partial charge >= 0.3 is 0 Å². The van der Waals surface area contributed by atoms with E-state index < -0.39 is 10.0 Å². The second-order valence-corrected chi connectivity index (χ2v) is 9.21. The van der Waals surface area contributed by atoms with Gasteiger partial charge in [0.2, 0.25) is 10.0 Å². The topological polar surface area (TPSA) is 71.1 Å². The lowest BCUT2D eigenvalue weighted by molar-refractivity contribution is 0.313. The molecule has 7 nitrogen and oxygen atoms in total. The standard InChI is InChI=1S/C22H31N3O4S/c1-24-13-15-25(16-14-24)19-8-6-18(7-9-19)5-4-12-23-30(26,27)22-17-20(28-2)10-11-21(22)29-3/h6-11,17,23H,4-5,12-16H2,1-3H3. The van der Waals surface area contributed by atoms with E-state index in [1.807, 2.05) is 0 Å². The number of piperazine rings is 1. The van der Waals surface area contributed by atoms with Gasteiger partial charge in [-0.2, -0.15) is 0 Å². The van der Waals surface area contributed by atoms with Crippen LogP contribution in [0.5, 0.6) is 11.5 Å². The molecule has 0 bridgehead atoms. The maximum Gasteiger partial charge on any atom is 0.244 e. The van der Waals surface area contributed by atoms with Crippen LogP contribution >= 0.6 is 0 Å². The van der Waals surface area contributed by atoms with Crippen LogP contribution in [0.15, 0.2) is 47.4 Å². The van der Waals surface area contributed by atoms with E-state index in [-0.39, 0.29) is 4.90 Å². The Morgan fingerprint density at radius 2 is 1.67 bits per heavy atom. The number of ether oxygens (including phenoxy) is 2. The Labute approximate surface area is 179 Å². The summed E-state index contributed by atoms with van der Waals surface area (Å²) in [4.78, 5) is 4.83. The molecule has 0 amide bonds. The number of sulfonamides is 1. The van der Waals surface area contributed by atoms with Crippen LogP contribution in [0.25, 0.3) is 0 Å². The van der Waals surface area contributed by atoms with E-state index in [1.54, 1.807) is 12.1 Å². The van der Waals surface area contributed by atoms with Gasteiger partial charge in [-0.15, -0.1) is 0 Å².